The number of ether oxygens (including phenoxy) is 1. The summed E-state index contributed by atoms with van der Waals surface area (Å²) in [5, 5.41) is 0. The van der Waals surface area contributed by atoms with Crippen LogP contribution in [0.3, 0.4) is 0 Å². The predicted octanol–water partition coefficient (Wildman–Crippen LogP) is 3.42. The van der Waals surface area contributed by atoms with Crippen molar-refractivity contribution in [2.75, 3.05) is 18.8 Å². The van der Waals surface area contributed by atoms with Gasteiger partial charge in [-0.15, -0.1) is 11.8 Å². The summed E-state index contributed by atoms with van der Waals surface area (Å²) in [4.78, 5) is 18.7. The van der Waals surface area contributed by atoms with Crippen LogP contribution in [0.1, 0.15) is 29.3 Å². The highest BCUT2D eigenvalue weighted by Gasteiger charge is 2.51. The minimum atomic E-state index is 0.144. The Morgan fingerprint density at radius 2 is 2.12 bits per heavy atom. The van der Waals surface area contributed by atoms with Gasteiger partial charge in [0.1, 0.15) is 11.9 Å². The van der Waals surface area contributed by atoms with Gasteiger partial charge in [0, 0.05) is 37.0 Å². The Morgan fingerprint density at radius 1 is 1.32 bits per heavy atom. The maximum Gasteiger partial charge on any atom is 0.253 e. The quantitative estimate of drug-likeness (QED) is 0.844. The van der Waals surface area contributed by atoms with Crippen LogP contribution >= 0.6 is 11.8 Å². The summed E-state index contributed by atoms with van der Waals surface area (Å²) in [6.07, 6.45) is 5.70. The van der Waals surface area contributed by atoms with Crippen LogP contribution in [-0.4, -0.2) is 45.5 Å². The number of aryl methyl sites for hydroxylation is 1. The molecule has 1 spiro atoms. The summed E-state index contributed by atoms with van der Waals surface area (Å²) < 4.78 is 6.20. The Kier molecular flexibility index (Phi) is 4.42. The molecule has 0 unspecified atom stereocenters. The van der Waals surface area contributed by atoms with Gasteiger partial charge in [-0.2, -0.15) is 0 Å². The van der Waals surface area contributed by atoms with Crippen molar-refractivity contribution in [1.29, 1.82) is 0 Å². The molecule has 0 saturated carbocycles. The fourth-order valence-electron chi connectivity index (χ4n) is 3.57. The molecule has 4 nitrogen and oxygen atoms in total. The largest absolute Gasteiger partial charge is 0.488 e. The standard InChI is InChI=1S/C20H22N2O2S/c1-2-15-5-7-16(8-6-15)19(23)22-13-20(14-22)10-18(12-25-20)24-17-4-3-9-21-11-17/h3-9,11,18H,2,10,12-14H2,1H3/t18-/m1/s1. The van der Waals surface area contributed by atoms with Crippen LogP contribution in [0.5, 0.6) is 5.75 Å². The number of carbonyl (C=O) groups is 1. The van der Waals surface area contributed by atoms with Crippen LogP contribution in [0.25, 0.3) is 0 Å². The Labute approximate surface area is 152 Å². The van der Waals surface area contributed by atoms with Gasteiger partial charge in [0.2, 0.25) is 0 Å². The summed E-state index contributed by atoms with van der Waals surface area (Å²) in [6.45, 7) is 3.76. The third-order valence-electron chi connectivity index (χ3n) is 4.97. The number of hydrogen-bond acceptors (Lipinski definition) is 4. The summed E-state index contributed by atoms with van der Waals surface area (Å²) >= 11 is 1.94. The molecular formula is C20H22N2O2S. The molecule has 1 amide bonds. The van der Waals surface area contributed by atoms with Gasteiger partial charge in [-0.25, -0.2) is 0 Å². The Hall–Kier alpha value is -2.01. The number of hydrogen-bond donors (Lipinski definition) is 0. The highest BCUT2D eigenvalue weighted by molar-refractivity contribution is 8.01. The first-order valence-corrected chi connectivity index (χ1v) is 9.75. The predicted molar refractivity (Wildman–Crippen MR) is 100 cm³/mol. The maximum absolute atomic E-state index is 12.6. The van der Waals surface area contributed by atoms with Crippen molar-refractivity contribution in [2.24, 2.45) is 0 Å². The lowest BCUT2D eigenvalue weighted by atomic mass is 9.92. The number of nitrogens with zero attached hydrogens (tertiary/aromatic N) is 2. The number of pyridine rings is 1. The molecule has 4 rings (SSSR count). The van der Waals surface area contributed by atoms with E-state index in [1.807, 2.05) is 53.1 Å². The minimum Gasteiger partial charge on any atom is -0.488 e. The first-order valence-electron chi connectivity index (χ1n) is 8.76. The van der Waals surface area contributed by atoms with Crippen LogP contribution in [0.15, 0.2) is 48.8 Å². The first-order chi connectivity index (χ1) is 12.2. The smallest absolute Gasteiger partial charge is 0.253 e. The minimum absolute atomic E-state index is 0.144. The SMILES string of the molecule is CCc1ccc(C(=O)N2CC3(C[C@@H](Oc4cccnc4)CS3)C2)cc1. The average Bonchev–Trinajstić information content (AvgIpc) is 3.05. The van der Waals surface area contributed by atoms with Crippen molar-refractivity contribution in [3.8, 4) is 5.75 Å². The topological polar surface area (TPSA) is 42.4 Å². The molecule has 2 aliphatic rings. The highest BCUT2D eigenvalue weighted by atomic mass is 32.2. The van der Waals surface area contributed by atoms with Crippen molar-refractivity contribution in [1.82, 2.24) is 9.88 Å². The lowest BCUT2D eigenvalue weighted by Crippen LogP contribution is -2.60. The van der Waals surface area contributed by atoms with Crippen molar-refractivity contribution in [3.63, 3.8) is 0 Å². The fourth-order valence-corrected chi connectivity index (χ4v) is 5.09. The maximum atomic E-state index is 12.6. The van der Waals surface area contributed by atoms with Crippen molar-refractivity contribution in [3.05, 3.63) is 59.9 Å². The number of likely N-dealkylation sites (tertiary alicyclic amines) is 1. The lowest BCUT2D eigenvalue weighted by molar-refractivity contribution is 0.0518. The van der Waals surface area contributed by atoms with Gasteiger partial charge >= 0.3 is 0 Å². The zero-order chi connectivity index (χ0) is 17.3. The Balaban J connectivity index is 1.33. The number of thioether (sulfide) groups is 1. The van der Waals surface area contributed by atoms with Crippen LogP contribution in [0.2, 0.25) is 0 Å². The van der Waals surface area contributed by atoms with Gasteiger partial charge in [-0.1, -0.05) is 19.1 Å². The van der Waals surface area contributed by atoms with Gasteiger partial charge in [0.25, 0.3) is 5.91 Å². The van der Waals surface area contributed by atoms with E-state index < -0.39 is 0 Å². The van der Waals surface area contributed by atoms with Gasteiger partial charge in [0.15, 0.2) is 0 Å². The zero-order valence-corrected chi connectivity index (χ0v) is 15.2. The number of rotatable bonds is 4. The summed E-state index contributed by atoms with van der Waals surface area (Å²) in [5.41, 5.74) is 2.05. The average molecular weight is 354 g/mol. The van der Waals surface area contributed by atoms with E-state index in [4.69, 9.17) is 4.74 Å². The third kappa shape index (κ3) is 3.38. The van der Waals surface area contributed by atoms with E-state index in [2.05, 4.69) is 11.9 Å². The molecule has 1 aromatic carbocycles. The second-order valence-corrected chi connectivity index (χ2v) is 8.33. The van der Waals surface area contributed by atoms with Crippen LogP contribution in [0, 0.1) is 0 Å². The number of amides is 1. The number of benzene rings is 1. The molecule has 2 aromatic rings. The van der Waals surface area contributed by atoms with Crippen molar-refractivity contribution in [2.45, 2.75) is 30.6 Å². The molecule has 1 atom stereocenters. The van der Waals surface area contributed by atoms with E-state index in [1.54, 1.807) is 12.4 Å². The number of aromatic nitrogens is 1. The molecule has 1 aromatic heterocycles. The Morgan fingerprint density at radius 3 is 2.80 bits per heavy atom. The van der Waals surface area contributed by atoms with Gasteiger partial charge in [-0.3, -0.25) is 9.78 Å². The molecule has 5 heteroatoms. The van der Waals surface area contributed by atoms with Crippen LogP contribution in [-0.2, 0) is 6.42 Å². The molecule has 25 heavy (non-hydrogen) atoms. The molecule has 3 heterocycles. The Bertz CT molecular complexity index is 742. The molecule has 0 bridgehead atoms. The monoisotopic (exact) mass is 354 g/mol. The third-order valence-corrected chi connectivity index (χ3v) is 6.54. The molecule has 0 N–H and O–H groups in total. The van der Waals surface area contributed by atoms with Gasteiger partial charge < -0.3 is 9.64 Å². The van der Waals surface area contributed by atoms with E-state index in [-0.39, 0.29) is 16.8 Å². The molecule has 0 aliphatic carbocycles. The van der Waals surface area contributed by atoms with E-state index in [1.165, 1.54) is 5.56 Å². The fraction of sp³-hybridized carbons (Fsp3) is 0.400. The first kappa shape index (κ1) is 16.5. The second kappa shape index (κ2) is 6.71. The van der Waals surface area contributed by atoms with Crippen LogP contribution in [0.4, 0.5) is 0 Å². The molecule has 130 valence electrons. The molecule has 0 radical (unpaired) electrons. The van der Waals surface area contributed by atoms with E-state index in [9.17, 15) is 4.79 Å². The van der Waals surface area contributed by atoms with Gasteiger partial charge in [0.05, 0.1) is 10.9 Å². The summed E-state index contributed by atoms with van der Waals surface area (Å²) in [7, 11) is 0. The zero-order valence-electron chi connectivity index (χ0n) is 14.4. The second-order valence-electron chi connectivity index (χ2n) is 6.84. The van der Waals surface area contributed by atoms with E-state index in [0.29, 0.717) is 0 Å². The van der Waals surface area contributed by atoms with Crippen molar-refractivity contribution >= 4 is 17.7 Å². The lowest BCUT2D eigenvalue weighted by Gasteiger charge is -2.47. The van der Waals surface area contributed by atoms with Crippen molar-refractivity contribution < 1.29 is 9.53 Å². The summed E-state index contributed by atoms with van der Waals surface area (Å²) in [6, 6.07) is 11.8. The van der Waals surface area contributed by atoms with Gasteiger partial charge in [-0.05, 0) is 36.2 Å². The highest BCUT2D eigenvalue weighted by Crippen LogP contribution is 2.46. The molecule has 2 saturated heterocycles. The number of carbonyl (C=O) groups excluding carboxylic acids is 1. The van der Waals surface area contributed by atoms with E-state index >= 15 is 0 Å². The summed E-state index contributed by atoms with van der Waals surface area (Å²) in [5.74, 6) is 1.95. The normalized spacial score (nSPS) is 21.2. The molecule has 2 aliphatic heterocycles. The van der Waals surface area contributed by atoms with Crippen LogP contribution < -0.4 is 4.74 Å². The molecule has 2 fully saturated rings. The van der Waals surface area contributed by atoms with E-state index in [0.717, 1.165) is 43.0 Å². The molecular weight excluding hydrogens is 332 g/mol.